The number of hydrogen-bond donors (Lipinski definition) is 1. The summed E-state index contributed by atoms with van der Waals surface area (Å²) in [5, 5.41) is 3.88. The minimum Gasteiger partial charge on any atom is -0.367 e. The molecule has 2 N–H and O–H groups in total. The maximum atomic E-state index is 13.2. The van der Waals surface area contributed by atoms with Crippen LogP contribution >= 0.6 is 0 Å². The Labute approximate surface area is 99.3 Å². The third kappa shape index (κ3) is 2.58. The number of hydrogen-bond acceptors (Lipinski definition) is 3. The fourth-order valence-electron chi connectivity index (χ4n) is 2.45. The molecule has 0 bridgehead atoms. The molecule has 0 amide bonds. The molecule has 0 radical (unpaired) electrons. The molecular weight excluding hydrogens is 226 g/mol. The van der Waals surface area contributed by atoms with Gasteiger partial charge in [0.1, 0.15) is 0 Å². The van der Waals surface area contributed by atoms with Crippen LogP contribution in [0.4, 0.5) is 14.7 Å². The lowest BCUT2D eigenvalue weighted by Gasteiger charge is -2.10. The molecule has 1 heterocycles. The summed E-state index contributed by atoms with van der Waals surface area (Å²) in [6.07, 6.45) is 0.992. The largest absolute Gasteiger partial charge is 0.367 e. The third-order valence-corrected chi connectivity index (χ3v) is 3.25. The Hall–Kier alpha value is -1.13. The van der Waals surface area contributed by atoms with Crippen LogP contribution in [0.5, 0.6) is 0 Å². The molecule has 1 aliphatic rings. The van der Waals surface area contributed by atoms with Crippen LogP contribution in [-0.4, -0.2) is 11.1 Å². The Balaban J connectivity index is 2.21. The van der Waals surface area contributed by atoms with E-state index in [2.05, 4.69) is 19.0 Å². The standard InChI is InChI=1S/C12H18F2N2O/c1-7(2)5-9-10(16-17-11(9)15)8-3-4-12(13,14)6-8/h7-8H,3-6,15H2,1-2H3. The first kappa shape index (κ1) is 12.3. The van der Waals surface area contributed by atoms with Gasteiger partial charge in [0.05, 0.1) is 5.69 Å². The van der Waals surface area contributed by atoms with Gasteiger partial charge >= 0.3 is 0 Å². The van der Waals surface area contributed by atoms with Crippen molar-refractivity contribution in [1.29, 1.82) is 0 Å². The first-order chi connectivity index (χ1) is 7.89. The predicted molar refractivity (Wildman–Crippen MR) is 61.0 cm³/mol. The van der Waals surface area contributed by atoms with Crippen molar-refractivity contribution in [2.24, 2.45) is 5.92 Å². The summed E-state index contributed by atoms with van der Waals surface area (Å²) in [5.74, 6) is -2.09. The average molecular weight is 244 g/mol. The van der Waals surface area contributed by atoms with Crippen LogP contribution in [-0.2, 0) is 6.42 Å². The van der Waals surface area contributed by atoms with Crippen molar-refractivity contribution in [2.75, 3.05) is 5.73 Å². The Kier molecular flexibility index (Phi) is 3.10. The summed E-state index contributed by atoms with van der Waals surface area (Å²) in [7, 11) is 0. The quantitative estimate of drug-likeness (QED) is 0.887. The molecule has 0 aromatic carbocycles. The van der Waals surface area contributed by atoms with Crippen molar-refractivity contribution in [2.45, 2.75) is 51.4 Å². The minimum absolute atomic E-state index is 0.0639. The van der Waals surface area contributed by atoms with Gasteiger partial charge in [0.25, 0.3) is 0 Å². The van der Waals surface area contributed by atoms with Gasteiger partial charge in [-0.15, -0.1) is 0 Å². The number of halogens is 2. The molecule has 5 heteroatoms. The van der Waals surface area contributed by atoms with Crippen LogP contribution in [0.25, 0.3) is 0 Å². The second-order valence-electron chi connectivity index (χ2n) is 5.30. The highest BCUT2D eigenvalue weighted by atomic mass is 19.3. The van der Waals surface area contributed by atoms with Gasteiger partial charge in [0.2, 0.25) is 11.8 Å². The molecule has 3 nitrogen and oxygen atoms in total. The second kappa shape index (κ2) is 4.27. The van der Waals surface area contributed by atoms with Crippen molar-refractivity contribution >= 4 is 5.88 Å². The lowest BCUT2D eigenvalue weighted by molar-refractivity contribution is 0.00758. The summed E-state index contributed by atoms with van der Waals surface area (Å²) in [4.78, 5) is 0. The highest BCUT2D eigenvalue weighted by molar-refractivity contribution is 5.41. The van der Waals surface area contributed by atoms with Crippen LogP contribution in [0.1, 0.15) is 50.3 Å². The summed E-state index contributed by atoms with van der Waals surface area (Å²) in [6.45, 7) is 4.11. The normalized spacial score (nSPS) is 23.5. The van der Waals surface area contributed by atoms with Gasteiger partial charge in [-0.05, 0) is 18.8 Å². The summed E-state index contributed by atoms with van der Waals surface area (Å²) < 4.78 is 31.3. The van der Waals surface area contributed by atoms with E-state index in [9.17, 15) is 8.78 Å². The smallest absolute Gasteiger partial charge is 0.248 e. The van der Waals surface area contributed by atoms with Gasteiger partial charge in [0, 0.05) is 24.3 Å². The van der Waals surface area contributed by atoms with Gasteiger partial charge in [-0.3, -0.25) is 0 Å². The Morgan fingerprint density at radius 1 is 1.53 bits per heavy atom. The molecule has 1 atom stereocenters. The number of nitrogens with two attached hydrogens (primary N) is 1. The van der Waals surface area contributed by atoms with E-state index in [4.69, 9.17) is 10.3 Å². The molecule has 2 rings (SSSR count). The molecule has 1 aromatic heterocycles. The summed E-state index contributed by atoms with van der Waals surface area (Å²) >= 11 is 0. The Bertz CT molecular complexity index is 401. The molecular formula is C12H18F2N2O. The van der Waals surface area contributed by atoms with E-state index in [1.807, 2.05) is 0 Å². The molecule has 1 aliphatic carbocycles. The second-order valence-corrected chi connectivity index (χ2v) is 5.30. The number of anilines is 1. The van der Waals surface area contributed by atoms with Gasteiger partial charge in [-0.2, -0.15) is 0 Å². The Morgan fingerprint density at radius 2 is 2.24 bits per heavy atom. The highest BCUT2D eigenvalue weighted by Gasteiger charge is 2.42. The average Bonchev–Trinajstić information content (AvgIpc) is 2.71. The molecule has 96 valence electrons. The zero-order chi connectivity index (χ0) is 12.6. The highest BCUT2D eigenvalue weighted by Crippen LogP contribution is 2.45. The van der Waals surface area contributed by atoms with Crippen LogP contribution < -0.4 is 5.73 Å². The third-order valence-electron chi connectivity index (χ3n) is 3.25. The van der Waals surface area contributed by atoms with Crippen LogP contribution in [0.2, 0.25) is 0 Å². The fourth-order valence-corrected chi connectivity index (χ4v) is 2.45. The van der Waals surface area contributed by atoms with Crippen molar-refractivity contribution in [3.8, 4) is 0 Å². The Morgan fingerprint density at radius 3 is 2.76 bits per heavy atom. The van der Waals surface area contributed by atoms with Gasteiger partial charge in [0.15, 0.2) is 0 Å². The summed E-state index contributed by atoms with van der Waals surface area (Å²) in [6, 6.07) is 0. The van der Waals surface area contributed by atoms with E-state index in [1.54, 1.807) is 0 Å². The van der Waals surface area contributed by atoms with E-state index in [0.29, 0.717) is 18.0 Å². The molecule has 1 fully saturated rings. The lowest BCUT2D eigenvalue weighted by Crippen LogP contribution is -2.10. The molecule has 1 saturated carbocycles. The first-order valence-corrected chi connectivity index (χ1v) is 6.01. The van der Waals surface area contributed by atoms with Gasteiger partial charge in [-0.1, -0.05) is 19.0 Å². The minimum atomic E-state index is -2.56. The zero-order valence-electron chi connectivity index (χ0n) is 10.2. The first-order valence-electron chi connectivity index (χ1n) is 6.01. The monoisotopic (exact) mass is 244 g/mol. The molecule has 0 saturated heterocycles. The van der Waals surface area contributed by atoms with E-state index in [1.165, 1.54) is 0 Å². The van der Waals surface area contributed by atoms with Crippen LogP contribution in [0, 0.1) is 5.92 Å². The molecule has 17 heavy (non-hydrogen) atoms. The predicted octanol–water partition coefficient (Wildman–Crippen LogP) is 3.36. The topological polar surface area (TPSA) is 52.0 Å². The zero-order valence-corrected chi connectivity index (χ0v) is 10.2. The molecule has 1 unspecified atom stereocenters. The maximum Gasteiger partial charge on any atom is 0.248 e. The number of alkyl halides is 2. The van der Waals surface area contributed by atoms with E-state index in [-0.39, 0.29) is 24.6 Å². The van der Waals surface area contributed by atoms with E-state index in [0.717, 1.165) is 12.0 Å². The van der Waals surface area contributed by atoms with Crippen LogP contribution in [0.15, 0.2) is 4.52 Å². The SMILES string of the molecule is CC(C)Cc1c(C2CCC(F)(F)C2)noc1N. The van der Waals surface area contributed by atoms with Crippen molar-refractivity contribution in [1.82, 2.24) is 5.16 Å². The maximum absolute atomic E-state index is 13.2. The van der Waals surface area contributed by atoms with Gasteiger partial charge < -0.3 is 10.3 Å². The summed E-state index contributed by atoms with van der Waals surface area (Å²) in [5.41, 5.74) is 7.18. The van der Waals surface area contributed by atoms with E-state index < -0.39 is 5.92 Å². The number of nitrogens with zero attached hydrogens (tertiary/aromatic N) is 1. The van der Waals surface area contributed by atoms with Crippen molar-refractivity contribution in [3.05, 3.63) is 11.3 Å². The van der Waals surface area contributed by atoms with Crippen LogP contribution in [0.3, 0.4) is 0 Å². The van der Waals surface area contributed by atoms with Gasteiger partial charge in [-0.25, -0.2) is 8.78 Å². The van der Waals surface area contributed by atoms with E-state index >= 15 is 0 Å². The fraction of sp³-hybridized carbons (Fsp3) is 0.750. The lowest BCUT2D eigenvalue weighted by atomic mass is 9.94. The number of aromatic nitrogens is 1. The van der Waals surface area contributed by atoms with Crippen molar-refractivity contribution in [3.63, 3.8) is 0 Å². The molecule has 0 spiro atoms. The number of nitrogen functional groups attached to an aromatic ring is 1. The van der Waals surface area contributed by atoms with Crippen molar-refractivity contribution < 1.29 is 13.3 Å². The molecule has 1 aromatic rings. The molecule has 0 aliphatic heterocycles. The number of rotatable bonds is 3.